The zero-order chi connectivity index (χ0) is 17.0. The van der Waals surface area contributed by atoms with E-state index in [0.717, 1.165) is 12.1 Å². The molecule has 2 aromatic carbocycles. The molecule has 0 saturated carbocycles. The fourth-order valence-electron chi connectivity index (χ4n) is 1.84. The topological polar surface area (TPSA) is 86.5 Å². The number of amides is 1. The first-order valence-corrected chi connectivity index (χ1v) is 7.99. The van der Waals surface area contributed by atoms with Crippen molar-refractivity contribution >= 4 is 15.7 Å². The van der Waals surface area contributed by atoms with Crippen LogP contribution in [-0.4, -0.2) is 20.1 Å². The minimum atomic E-state index is -4.61. The zero-order valence-electron chi connectivity index (χ0n) is 11.8. The first kappa shape index (κ1) is 16.9. The summed E-state index contributed by atoms with van der Waals surface area (Å²) in [5.41, 5.74) is 5.99. The lowest BCUT2D eigenvalue weighted by atomic mass is 10.2. The third kappa shape index (κ3) is 3.84. The lowest BCUT2D eigenvalue weighted by Gasteiger charge is -2.10. The van der Waals surface area contributed by atoms with Crippen molar-refractivity contribution < 1.29 is 26.7 Å². The highest BCUT2D eigenvalue weighted by atomic mass is 32.2. The third-order valence-corrected chi connectivity index (χ3v) is 4.43. The molecule has 0 aromatic heterocycles. The van der Waals surface area contributed by atoms with Gasteiger partial charge in [-0.05, 0) is 29.8 Å². The van der Waals surface area contributed by atoms with Crippen molar-refractivity contribution in [2.45, 2.75) is 17.3 Å². The molecule has 0 unspecified atom stereocenters. The normalized spacial score (nSPS) is 11.4. The Morgan fingerprint density at radius 1 is 1.09 bits per heavy atom. The van der Waals surface area contributed by atoms with Gasteiger partial charge in [-0.25, -0.2) is 8.42 Å². The Hall–Kier alpha value is -2.48. The second-order valence-corrected chi connectivity index (χ2v) is 6.52. The van der Waals surface area contributed by atoms with E-state index in [1.54, 1.807) is 18.2 Å². The Balaban J connectivity index is 2.13. The summed E-state index contributed by atoms with van der Waals surface area (Å²) in [6.45, 7) is 0.0271. The van der Waals surface area contributed by atoms with Gasteiger partial charge in [0.15, 0.2) is 0 Å². The summed E-state index contributed by atoms with van der Waals surface area (Å²) in [6, 6.07) is 11.3. The highest BCUT2D eigenvalue weighted by molar-refractivity contribution is 7.91. The standard InChI is InChI=1S/C15H13F2NO4S/c16-15(17)23(20,21)11-7-5-10(6-8-11)9-22-13-4-2-1-3-12(13)14(18)19/h1-8,15H,9H2,(H2,18,19). The summed E-state index contributed by atoms with van der Waals surface area (Å²) in [5.74, 6) is -3.82. The van der Waals surface area contributed by atoms with E-state index in [2.05, 4.69) is 0 Å². The molecular weight excluding hydrogens is 328 g/mol. The van der Waals surface area contributed by atoms with E-state index in [-0.39, 0.29) is 17.9 Å². The Kier molecular flexibility index (Phi) is 4.95. The zero-order valence-corrected chi connectivity index (χ0v) is 12.6. The minimum Gasteiger partial charge on any atom is -0.488 e. The van der Waals surface area contributed by atoms with Crippen molar-refractivity contribution in [1.82, 2.24) is 0 Å². The Morgan fingerprint density at radius 3 is 2.26 bits per heavy atom. The predicted molar refractivity (Wildman–Crippen MR) is 78.9 cm³/mol. The number of hydrogen-bond acceptors (Lipinski definition) is 4. The van der Waals surface area contributed by atoms with Gasteiger partial charge in [-0.2, -0.15) is 8.78 Å². The maximum absolute atomic E-state index is 12.4. The van der Waals surface area contributed by atoms with Gasteiger partial charge < -0.3 is 10.5 Å². The summed E-state index contributed by atoms with van der Waals surface area (Å²) in [6.07, 6.45) is 0. The molecule has 23 heavy (non-hydrogen) atoms. The molecule has 2 rings (SSSR count). The number of halogens is 2. The van der Waals surface area contributed by atoms with Crippen molar-refractivity contribution in [3.8, 4) is 5.75 Å². The molecule has 0 fully saturated rings. The molecule has 0 saturated heterocycles. The van der Waals surface area contributed by atoms with Crippen LogP contribution in [0, 0.1) is 0 Å². The number of carbonyl (C=O) groups excluding carboxylic acids is 1. The van der Waals surface area contributed by atoms with Crippen molar-refractivity contribution in [2.24, 2.45) is 5.73 Å². The van der Waals surface area contributed by atoms with E-state index in [4.69, 9.17) is 10.5 Å². The van der Waals surface area contributed by atoms with E-state index in [1.807, 2.05) is 0 Å². The molecule has 0 aliphatic carbocycles. The van der Waals surface area contributed by atoms with Crippen LogP contribution in [0.15, 0.2) is 53.4 Å². The smallest absolute Gasteiger partial charge is 0.341 e. The Labute approximate surface area is 131 Å². The molecule has 0 radical (unpaired) electrons. The number of carbonyl (C=O) groups is 1. The molecular formula is C15H13F2NO4S. The molecule has 8 heteroatoms. The molecule has 122 valence electrons. The number of benzene rings is 2. The van der Waals surface area contributed by atoms with Crippen LogP contribution in [0.3, 0.4) is 0 Å². The van der Waals surface area contributed by atoms with Crippen LogP contribution in [0.25, 0.3) is 0 Å². The van der Waals surface area contributed by atoms with E-state index in [0.29, 0.717) is 5.56 Å². The van der Waals surface area contributed by atoms with Crippen molar-refractivity contribution in [2.75, 3.05) is 0 Å². The van der Waals surface area contributed by atoms with Gasteiger partial charge in [0.2, 0.25) is 9.84 Å². The second-order valence-electron chi connectivity index (χ2n) is 4.60. The molecule has 0 atom stereocenters. The molecule has 5 nitrogen and oxygen atoms in total. The van der Waals surface area contributed by atoms with Crippen LogP contribution in [-0.2, 0) is 16.4 Å². The number of primary amides is 1. The van der Waals surface area contributed by atoms with Crippen molar-refractivity contribution in [3.05, 3.63) is 59.7 Å². The summed E-state index contributed by atoms with van der Waals surface area (Å²) >= 11 is 0. The van der Waals surface area contributed by atoms with Gasteiger partial charge in [0.25, 0.3) is 5.91 Å². The van der Waals surface area contributed by atoms with Crippen LogP contribution in [0.5, 0.6) is 5.75 Å². The summed E-state index contributed by atoms with van der Waals surface area (Å²) in [5, 5.41) is 0. The van der Waals surface area contributed by atoms with Crippen LogP contribution >= 0.6 is 0 Å². The Bertz CT molecular complexity index is 804. The molecule has 0 aliphatic heterocycles. The fourth-order valence-corrected chi connectivity index (χ4v) is 2.56. The van der Waals surface area contributed by atoms with E-state index < -0.39 is 26.4 Å². The van der Waals surface area contributed by atoms with Gasteiger partial charge in [0, 0.05) is 0 Å². The quantitative estimate of drug-likeness (QED) is 0.874. The monoisotopic (exact) mass is 341 g/mol. The molecule has 0 aliphatic rings. The summed E-state index contributed by atoms with van der Waals surface area (Å²) in [7, 11) is -4.61. The third-order valence-electron chi connectivity index (χ3n) is 3.03. The number of sulfone groups is 1. The van der Waals surface area contributed by atoms with Crippen molar-refractivity contribution in [1.29, 1.82) is 0 Å². The van der Waals surface area contributed by atoms with Gasteiger partial charge in [-0.3, -0.25) is 4.79 Å². The molecule has 2 N–H and O–H groups in total. The first-order chi connectivity index (χ1) is 10.8. The lowest BCUT2D eigenvalue weighted by molar-refractivity contribution is 0.0996. The summed E-state index contributed by atoms with van der Waals surface area (Å²) < 4.78 is 52.9. The lowest BCUT2D eigenvalue weighted by Crippen LogP contribution is -2.13. The number of para-hydroxylation sites is 1. The number of alkyl halides is 2. The highest BCUT2D eigenvalue weighted by Gasteiger charge is 2.26. The first-order valence-electron chi connectivity index (χ1n) is 6.45. The van der Waals surface area contributed by atoms with E-state index >= 15 is 0 Å². The van der Waals surface area contributed by atoms with E-state index in [1.165, 1.54) is 18.2 Å². The summed E-state index contributed by atoms with van der Waals surface area (Å²) in [4.78, 5) is 10.8. The van der Waals surface area contributed by atoms with E-state index in [9.17, 15) is 22.0 Å². The largest absolute Gasteiger partial charge is 0.488 e. The minimum absolute atomic E-state index is 0.0271. The molecule has 0 bridgehead atoms. The number of nitrogens with two attached hydrogens (primary N) is 1. The van der Waals surface area contributed by atoms with Crippen LogP contribution < -0.4 is 10.5 Å². The molecule has 0 heterocycles. The molecule has 1 amide bonds. The SMILES string of the molecule is NC(=O)c1ccccc1OCc1ccc(S(=O)(=O)C(F)F)cc1. The number of hydrogen-bond donors (Lipinski definition) is 1. The predicted octanol–water partition coefficient (Wildman–Crippen LogP) is 2.36. The van der Waals surface area contributed by atoms with Gasteiger partial charge >= 0.3 is 5.76 Å². The average molecular weight is 341 g/mol. The number of ether oxygens (including phenoxy) is 1. The van der Waals surface area contributed by atoms with Gasteiger partial charge in [0.05, 0.1) is 10.5 Å². The van der Waals surface area contributed by atoms with Gasteiger partial charge in [0.1, 0.15) is 12.4 Å². The van der Waals surface area contributed by atoms with Crippen LogP contribution in [0.4, 0.5) is 8.78 Å². The average Bonchev–Trinajstić information content (AvgIpc) is 2.53. The molecule has 2 aromatic rings. The number of rotatable bonds is 6. The van der Waals surface area contributed by atoms with Crippen LogP contribution in [0.2, 0.25) is 0 Å². The van der Waals surface area contributed by atoms with Crippen LogP contribution in [0.1, 0.15) is 15.9 Å². The second kappa shape index (κ2) is 6.74. The highest BCUT2D eigenvalue weighted by Crippen LogP contribution is 2.21. The fraction of sp³-hybridized carbons (Fsp3) is 0.133. The molecule has 0 spiro atoms. The van der Waals surface area contributed by atoms with Gasteiger partial charge in [-0.1, -0.05) is 24.3 Å². The Morgan fingerprint density at radius 2 is 1.70 bits per heavy atom. The maximum atomic E-state index is 12.4. The maximum Gasteiger partial charge on any atom is 0.341 e. The van der Waals surface area contributed by atoms with Crippen molar-refractivity contribution in [3.63, 3.8) is 0 Å². The van der Waals surface area contributed by atoms with Gasteiger partial charge in [-0.15, -0.1) is 0 Å².